The summed E-state index contributed by atoms with van der Waals surface area (Å²) in [5, 5.41) is 7.56. The first-order valence-electron chi connectivity index (χ1n) is 9.86. The Hall–Kier alpha value is -3.71. The fourth-order valence-corrected chi connectivity index (χ4v) is 3.67. The third-order valence-corrected chi connectivity index (χ3v) is 5.19. The molecule has 31 heavy (non-hydrogen) atoms. The highest BCUT2D eigenvalue weighted by Crippen LogP contribution is 2.23. The number of ether oxygens (including phenoxy) is 1. The number of benzene rings is 3. The van der Waals surface area contributed by atoms with Crippen LogP contribution in [0.1, 0.15) is 11.4 Å². The first kappa shape index (κ1) is 20.6. The lowest BCUT2D eigenvalue weighted by Crippen LogP contribution is -2.20. The molecule has 0 aliphatic carbocycles. The van der Waals surface area contributed by atoms with Crippen molar-refractivity contribution in [2.75, 3.05) is 12.4 Å². The standard InChI is InChI=1S/C24H22N4O2S/c1-30-21-15-9-8-14-20(21)25-23(29)17-27-24(31)28(19-12-6-3-7-13-19)22(26-27)16-18-10-4-2-5-11-18/h2-15H,16-17H2,1H3,(H,25,29). The minimum atomic E-state index is -0.232. The van der Waals surface area contributed by atoms with Gasteiger partial charge in [-0.2, -0.15) is 5.10 Å². The molecule has 156 valence electrons. The summed E-state index contributed by atoms with van der Waals surface area (Å²) in [7, 11) is 1.57. The summed E-state index contributed by atoms with van der Waals surface area (Å²) in [6.45, 7) is -0.00148. The van der Waals surface area contributed by atoms with Crippen molar-refractivity contribution < 1.29 is 9.53 Å². The number of hydrogen-bond acceptors (Lipinski definition) is 4. The van der Waals surface area contributed by atoms with Gasteiger partial charge in [-0.05, 0) is 42.0 Å². The quantitative estimate of drug-likeness (QED) is 0.434. The lowest BCUT2D eigenvalue weighted by Gasteiger charge is -2.09. The molecule has 0 saturated heterocycles. The van der Waals surface area contributed by atoms with Crippen LogP contribution in [0, 0.1) is 4.77 Å². The van der Waals surface area contributed by atoms with Gasteiger partial charge in [0.2, 0.25) is 10.7 Å². The van der Waals surface area contributed by atoms with Crippen LogP contribution in [0.25, 0.3) is 5.69 Å². The van der Waals surface area contributed by atoms with Crippen LogP contribution in [0.15, 0.2) is 84.9 Å². The molecule has 0 radical (unpaired) electrons. The number of amides is 1. The van der Waals surface area contributed by atoms with E-state index in [1.807, 2.05) is 77.4 Å². The molecule has 0 saturated carbocycles. The van der Waals surface area contributed by atoms with Gasteiger partial charge >= 0.3 is 0 Å². The Bertz CT molecular complexity index is 1230. The highest BCUT2D eigenvalue weighted by molar-refractivity contribution is 7.71. The predicted molar refractivity (Wildman–Crippen MR) is 123 cm³/mol. The Balaban J connectivity index is 1.65. The lowest BCUT2D eigenvalue weighted by molar-refractivity contribution is -0.116. The van der Waals surface area contributed by atoms with E-state index in [0.717, 1.165) is 17.1 Å². The molecule has 4 aromatic rings. The zero-order valence-corrected chi connectivity index (χ0v) is 17.9. The van der Waals surface area contributed by atoms with Crippen LogP contribution < -0.4 is 10.1 Å². The fourth-order valence-electron chi connectivity index (χ4n) is 3.36. The van der Waals surface area contributed by atoms with Crippen molar-refractivity contribution in [2.45, 2.75) is 13.0 Å². The van der Waals surface area contributed by atoms with Gasteiger partial charge in [-0.3, -0.25) is 9.36 Å². The van der Waals surface area contributed by atoms with Gasteiger partial charge in [0.1, 0.15) is 18.1 Å². The maximum absolute atomic E-state index is 12.7. The van der Waals surface area contributed by atoms with E-state index < -0.39 is 0 Å². The molecule has 0 bridgehead atoms. The first-order valence-corrected chi connectivity index (χ1v) is 10.3. The van der Waals surface area contributed by atoms with E-state index in [2.05, 4.69) is 10.4 Å². The number of hydrogen-bond donors (Lipinski definition) is 1. The summed E-state index contributed by atoms with van der Waals surface area (Å²) in [4.78, 5) is 12.7. The number of para-hydroxylation sites is 3. The number of rotatable bonds is 7. The summed E-state index contributed by atoms with van der Waals surface area (Å²) >= 11 is 5.70. The summed E-state index contributed by atoms with van der Waals surface area (Å²) in [5.41, 5.74) is 2.63. The lowest BCUT2D eigenvalue weighted by atomic mass is 10.1. The van der Waals surface area contributed by atoms with Gasteiger partial charge < -0.3 is 10.1 Å². The number of aromatic nitrogens is 3. The minimum absolute atomic E-state index is 0.00148. The van der Waals surface area contributed by atoms with E-state index in [4.69, 9.17) is 17.0 Å². The topological polar surface area (TPSA) is 61.1 Å². The normalized spacial score (nSPS) is 10.6. The first-order chi connectivity index (χ1) is 15.2. The van der Waals surface area contributed by atoms with Crippen molar-refractivity contribution >= 4 is 23.8 Å². The molecule has 6 nitrogen and oxygen atoms in total. The van der Waals surface area contributed by atoms with Crippen LogP contribution >= 0.6 is 12.2 Å². The zero-order valence-electron chi connectivity index (χ0n) is 17.1. The highest BCUT2D eigenvalue weighted by atomic mass is 32.1. The van der Waals surface area contributed by atoms with Crippen LogP contribution in [0.2, 0.25) is 0 Å². The average Bonchev–Trinajstić information content (AvgIpc) is 3.09. The van der Waals surface area contributed by atoms with Crippen molar-refractivity contribution in [3.05, 3.63) is 101 Å². The number of nitrogens with zero attached hydrogens (tertiary/aromatic N) is 3. The average molecular weight is 431 g/mol. The van der Waals surface area contributed by atoms with Crippen molar-refractivity contribution in [1.82, 2.24) is 14.3 Å². The van der Waals surface area contributed by atoms with Crippen LogP contribution in [0.4, 0.5) is 5.69 Å². The number of anilines is 1. The van der Waals surface area contributed by atoms with Gasteiger partial charge in [0.15, 0.2) is 0 Å². The van der Waals surface area contributed by atoms with Crippen LogP contribution in [-0.4, -0.2) is 27.4 Å². The van der Waals surface area contributed by atoms with Gasteiger partial charge in [-0.25, -0.2) is 4.68 Å². The van der Waals surface area contributed by atoms with Crippen LogP contribution in [0.3, 0.4) is 0 Å². The van der Waals surface area contributed by atoms with Gasteiger partial charge in [-0.1, -0.05) is 60.7 Å². The molecule has 0 atom stereocenters. The molecular formula is C24H22N4O2S. The Morgan fingerprint density at radius 1 is 0.968 bits per heavy atom. The summed E-state index contributed by atoms with van der Waals surface area (Å²) in [6.07, 6.45) is 0.598. The maximum Gasteiger partial charge on any atom is 0.246 e. The summed E-state index contributed by atoms with van der Waals surface area (Å²) < 4.78 is 9.25. The van der Waals surface area contributed by atoms with Crippen LogP contribution in [0.5, 0.6) is 5.75 Å². The summed E-state index contributed by atoms with van der Waals surface area (Å²) in [6, 6.07) is 27.2. The Morgan fingerprint density at radius 3 is 2.32 bits per heavy atom. The molecule has 4 rings (SSSR count). The Kier molecular flexibility index (Phi) is 6.24. The molecular weight excluding hydrogens is 408 g/mol. The second-order valence-corrected chi connectivity index (χ2v) is 7.30. The number of methoxy groups -OCH3 is 1. The minimum Gasteiger partial charge on any atom is -0.495 e. The summed E-state index contributed by atoms with van der Waals surface area (Å²) in [5.74, 6) is 1.14. The number of carbonyl (C=O) groups excluding carboxylic acids is 1. The number of nitrogens with one attached hydrogen (secondary N) is 1. The molecule has 7 heteroatoms. The largest absolute Gasteiger partial charge is 0.495 e. The van der Waals surface area contributed by atoms with Crippen molar-refractivity contribution in [2.24, 2.45) is 0 Å². The van der Waals surface area contributed by atoms with Crippen molar-refractivity contribution in [1.29, 1.82) is 0 Å². The van der Waals surface area contributed by atoms with Gasteiger partial charge in [0, 0.05) is 12.1 Å². The van der Waals surface area contributed by atoms with E-state index in [1.54, 1.807) is 23.9 Å². The van der Waals surface area contributed by atoms with E-state index >= 15 is 0 Å². The molecule has 1 amide bonds. The molecule has 1 heterocycles. The smallest absolute Gasteiger partial charge is 0.246 e. The van der Waals surface area contributed by atoms with E-state index in [0.29, 0.717) is 22.6 Å². The fraction of sp³-hybridized carbons (Fsp3) is 0.125. The molecule has 1 N–H and O–H groups in total. The SMILES string of the molecule is COc1ccccc1NC(=O)Cn1nc(Cc2ccccc2)n(-c2ccccc2)c1=S. The highest BCUT2D eigenvalue weighted by Gasteiger charge is 2.16. The molecule has 0 fully saturated rings. The van der Waals surface area contributed by atoms with Gasteiger partial charge in [-0.15, -0.1) is 0 Å². The van der Waals surface area contributed by atoms with E-state index in [-0.39, 0.29) is 12.5 Å². The Labute approximate surface area is 185 Å². The second kappa shape index (κ2) is 9.40. The molecule has 0 aliphatic heterocycles. The monoisotopic (exact) mass is 430 g/mol. The third kappa shape index (κ3) is 4.73. The van der Waals surface area contributed by atoms with E-state index in [9.17, 15) is 4.79 Å². The van der Waals surface area contributed by atoms with Gasteiger partial charge in [0.05, 0.1) is 12.8 Å². The predicted octanol–water partition coefficient (Wildman–Crippen LogP) is 4.64. The molecule has 0 spiro atoms. The van der Waals surface area contributed by atoms with Gasteiger partial charge in [0.25, 0.3) is 0 Å². The van der Waals surface area contributed by atoms with Crippen molar-refractivity contribution in [3.63, 3.8) is 0 Å². The molecule has 1 aromatic heterocycles. The maximum atomic E-state index is 12.7. The van der Waals surface area contributed by atoms with E-state index in [1.165, 1.54) is 0 Å². The number of carbonyl (C=O) groups is 1. The second-order valence-electron chi connectivity index (χ2n) is 6.94. The third-order valence-electron chi connectivity index (χ3n) is 4.80. The molecule has 3 aromatic carbocycles. The molecule has 0 aliphatic rings. The zero-order chi connectivity index (χ0) is 21.6. The van der Waals surface area contributed by atoms with Crippen molar-refractivity contribution in [3.8, 4) is 11.4 Å². The van der Waals surface area contributed by atoms with Crippen LogP contribution in [-0.2, 0) is 17.8 Å². The Morgan fingerprint density at radius 2 is 1.61 bits per heavy atom. The molecule has 0 unspecified atom stereocenters.